The maximum absolute atomic E-state index is 11.4. The van der Waals surface area contributed by atoms with Gasteiger partial charge in [-0.25, -0.2) is 5.43 Å². The van der Waals surface area contributed by atoms with E-state index >= 15 is 0 Å². The summed E-state index contributed by atoms with van der Waals surface area (Å²) in [6.45, 7) is 27.6. The van der Waals surface area contributed by atoms with Gasteiger partial charge in [0, 0.05) is 17.2 Å². The van der Waals surface area contributed by atoms with Gasteiger partial charge in [0.1, 0.15) is 5.04 Å². The number of nitrogens with zero attached hydrogens (tertiary/aromatic N) is 2. The van der Waals surface area contributed by atoms with Crippen molar-refractivity contribution >= 4 is 16.8 Å². The number of rotatable bonds is 11. The van der Waals surface area contributed by atoms with Gasteiger partial charge in [-0.15, -0.1) is 16.9 Å². The van der Waals surface area contributed by atoms with Gasteiger partial charge in [0.25, 0.3) is 0 Å². The fourth-order valence-electron chi connectivity index (χ4n) is 5.19. The zero-order valence-corrected chi connectivity index (χ0v) is 32.2. The molecule has 1 aliphatic rings. The fourth-order valence-corrected chi connectivity index (χ4v) is 6.07. The van der Waals surface area contributed by atoms with Gasteiger partial charge in [-0.2, -0.15) is 0 Å². The monoisotopic (exact) mass is 667 g/mol. The smallest absolute Gasteiger partial charge is 0.218 e. The summed E-state index contributed by atoms with van der Waals surface area (Å²) in [6, 6.07) is 7.91. The molecule has 2 aromatic carbocycles. The third-order valence-electron chi connectivity index (χ3n) is 8.30. The first-order valence-electron chi connectivity index (χ1n) is 17.2. The lowest BCUT2D eigenvalue weighted by atomic mass is 9.80. The molecule has 0 fully saturated rings. The number of ether oxygens (including phenoxy) is 1. The summed E-state index contributed by atoms with van der Waals surface area (Å²) in [7, 11) is 0. The average Bonchev–Trinajstić information content (AvgIpc) is 2.92. The summed E-state index contributed by atoms with van der Waals surface area (Å²) in [5.41, 5.74) is 5.89. The molecule has 0 bridgehead atoms. The highest BCUT2D eigenvalue weighted by Gasteiger charge is 2.29. The second kappa shape index (κ2) is 15.0. The average molecular weight is 668 g/mol. The van der Waals surface area contributed by atoms with Crippen molar-refractivity contribution in [2.24, 2.45) is 5.10 Å². The summed E-state index contributed by atoms with van der Waals surface area (Å²) in [5.74, 6) is 2.10. The minimum Gasteiger partial charge on any atom is -0.504 e. The maximum Gasteiger partial charge on any atom is 0.218 e. The molecule has 0 radical (unpaired) electrons. The van der Waals surface area contributed by atoms with E-state index in [1.807, 2.05) is 18.2 Å². The molecular weight excluding hydrogens is 607 g/mol. The van der Waals surface area contributed by atoms with E-state index in [1.165, 1.54) is 37.4 Å². The number of hydrogen-bond donors (Lipinski definition) is 3. The van der Waals surface area contributed by atoms with Crippen molar-refractivity contribution < 1.29 is 19.8 Å². The van der Waals surface area contributed by atoms with Gasteiger partial charge in [0.15, 0.2) is 17.2 Å². The summed E-state index contributed by atoms with van der Waals surface area (Å²) in [6.07, 6.45) is 9.12. The molecule has 0 aliphatic carbocycles. The van der Waals surface area contributed by atoms with Crippen LogP contribution < -0.4 is 15.0 Å². The van der Waals surface area contributed by atoms with Gasteiger partial charge in [0.2, 0.25) is 11.6 Å². The van der Waals surface area contributed by atoms with E-state index in [2.05, 4.69) is 108 Å². The van der Waals surface area contributed by atoms with Crippen molar-refractivity contribution in [3.8, 4) is 23.0 Å². The number of phenols is 2. The number of hydrazone groups is 1. The van der Waals surface area contributed by atoms with Crippen molar-refractivity contribution in [1.29, 1.82) is 0 Å². The Morgan fingerprint density at radius 2 is 1.17 bits per heavy atom. The molecule has 8 heteroatoms. The zero-order valence-electron chi connectivity index (χ0n) is 31.4. The number of benzene rings is 2. The topological polar surface area (TPSA) is 86.6 Å². The highest BCUT2D eigenvalue weighted by molar-refractivity contribution is 8.14. The highest BCUT2D eigenvalue weighted by atomic mass is 32.2. The lowest BCUT2D eigenvalue weighted by Crippen LogP contribution is -2.41. The van der Waals surface area contributed by atoms with Gasteiger partial charge in [0.05, 0.1) is 0 Å². The van der Waals surface area contributed by atoms with Gasteiger partial charge < -0.3 is 19.8 Å². The lowest BCUT2D eigenvalue weighted by molar-refractivity contribution is -0.106. The Labute approximate surface area is 289 Å². The number of hydrogen-bond acceptors (Lipinski definition) is 8. The summed E-state index contributed by atoms with van der Waals surface area (Å²) < 4.78 is 6.44. The Hall–Kier alpha value is -3.00. The summed E-state index contributed by atoms with van der Waals surface area (Å²) in [4.78, 5) is 6.30. The van der Waals surface area contributed by atoms with Crippen LogP contribution >= 0.6 is 11.8 Å². The van der Waals surface area contributed by atoms with Crippen LogP contribution in [0.25, 0.3) is 0 Å². The van der Waals surface area contributed by atoms with Crippen LogP contribution in [0.1, 0.15) is 151 Å². The fraction of sp³-hybridized carbons (Fsp3) is 0.615. The van der Waals surface area contributed by atoms with Gasteiger partial charge >= 0.3 is 0 Å². The van der Waals surface area contributed by atoms with Crippen molar-refractivity contribution in [1.82, 2.24) is 10.7 Å². The minimum absolute atomic E-state index is 0.0751. The van der Waals surface area contributed by atoms with Crippen molar-refractivity contribution in [2.75, 3.05) is 5.75 Å². The number of thioether (sulfide) groups is 1. The zero-order chi connectivity index (χ0) is 35.4. The Morgan fingerprint density at radius 1 is 0.681 bits per heavy atom. The quantitative estimate of drug-likeness (QED) is 0.206. The molecule has 0 saturated heterocycles. The highest BCUT2D eigenvalue weighted by Crippen LogP contribution is 2.44. The molecule has 3 rings (SSSR count). The van der Waals surface area contributed by atoms with Crippen molar-refractivity contribution in [3.05, 3.63) is 58.5 Å². The van der Waals surface area contributed by atoms with Crippen LogP contribution in [0, 0.1) is 0 Å². The predicted molar refractivity (Wildman–Crippen MR) is 199 cm³/mol. The first-order valence-corrected chi connectivity index (χ1v) is 18.2. The molecular formula is C39H61N3O4S. The van der Waals surface area contributed by atoms with Crippen LogP contribution in [0.5, 0.6) is 23.0 Å². The Morgan fingerprint density at radius 3 is 1.68 bits per heavy atom. The number of aromatic hydroxyl groups is 2. The number of phenolic OH excluding ortho intramolecular Hbond substituents is 2. The Kier molecular flexibility index (Phi) is 12.3. The normalized spacial score (nSPS) is 14.4. The largest absolute Gasteiger partial charge is 0.504 e. The van der Waals surface area contributed by atoms with Crippen LogP contribution in [0.3, 0.4) is 0 Å². The third-order valence-corrected chi connectivity index (χ3v) is 9.29. The molecule has 0 unspecified atom stereocenters. The summed E-state index contributed by atoms with van der Waals surface area (Å²) >= 11 is 1.63. The summed E-state index contributed by atoms with van der Waals surface area (Å²) in [5, 5.41) is 29.5. The molecule has 0 amide bonds. The molecule has 0 saturated carbocycles. The second-order valence-corrected chi connectivity index (χ2v) is 18.0. The van der Waals surface area contributed by atoms with E-state index in [-0.39, 0.29) is 33.2 Å². The third kappa shape index (κ3) is 10.8. The predicted octanol–water partition coefficient (Wildman–Crippen LogP) is 10.7. The molecule has 1 aliphatic heterocycles. The Bertz CT molecular complexity index is 1440. The van der Waals surface area contributed by atoms with Gasteiger partial charge in [-0.1, -0.05) is 134 Å². The molecule has 1 heterocycles. The van der Waals surface area contributed by atoms with E-state index in [0.29, 0.717) is 22.4 Å². The van der Waals surface area contributed by atoms with E-state index in [0.717, 1.165) is 34.4 Å². The van der Waals surface area contributed by atoms with Crippen LogP contribution in [0.15, 0.2) is 41.3 Å². The van der Waals surface area contributed by atoms with Gasteiger partial charge in [-0.3, -0.25) is 0 Å². The van der Waals surface area contributed by atoms with Crippen LogP contribution in [0.4, 0.5) is 0 Å². The van der Waals surface area contributed by atoms with E-state index in [4.69, 9.17) is 14.7 Å². The molecule has 47 heavy (non-hydrogen) atoms. The first kappa shape index (κ1) is 38.4. The lowest BCUT2D eigenvalue weighted by Gasteiger charge is -2.30. The minimum atomic E-state index is -0.311. The first-order chi connectivity index (χ1) is 21.6. The molecule has 0 aromatic heterocycles. The molecule has 7 nitrogen and oxygen atoms in total. The number of nitrogens with one attached hydrogen (secondary N) is 1. The van der Waals surface area contributed by atoms with Crippen molar-refractivity contribution in [2.45, 2.75) is 150 Å². The molecule has 0 spiro atoms. The second-order valence-electron chi connectivity index (χ2n) is 16.9. The van der Waals surface area contributed by atoms with E-state index < -0.39 is 0 Å². The van der Waals surface area contributed by atoms with Gasteiger partial charge in [-0.05, 0) is 62.4 Å². The number of hydrazine groups is 1. The van der Waals surface area contributed by atoms with Crippen molar-refractivity contribution in [3.63, 3.8) is 0 Å². The standard InChI is InChI=1S/C39H61N3O4S/c1-14-15-16-17-18-19-20-47-33-25-32(45-30-23-26(36(2,3)4)21-28(34(30)43)38(8,9)10)40-42(41-33)46-31-24-27(37(5,6)7)22-29(35(31)44)39(11,12)13/h21-25,40,43-44H,14-20H2,1-13H3. The van der Waals surface area contributed by atoms with E-state index in [1.54, 1.807) is 11.8 Å². The van der Waals surface area contributed by atoms with Crippen LogP contribution in [0.2, 0.25) is 0 Å². The SMILES string of the molecule is CCCCCCCCSC1=NN(Oc2cc(C(C)(C)C)cc(C(C)(C)C)c2O)NC(Oc2cc(C(C)(C)C)cc(C(C)(C)C)c2O)=C1. The molecule has 262 valence electrons. The van der Waals surface area contributed by atoms with E-state index in [9.17, 15) is 10.2 Å². The van der Waals surface area contributed by atoms with Crippen LogP contribution in [-0.2, 0) is 21.7 Å². The van der Waals surface area contributed by atoms with Crippen LogP contribution in [-0.4, -0.2) is 26.3 Å². The molecule has 2 aromatic rings. The molecule has 3 N–H and O–H groups in total. The number of unbranched alkanes of at least 4 members (excludes halogenated alkanes) is 5. The molecule has 0 atom stereocenters. The maximum atomic E-state index is 11.4. The Balaban J connectivity index is 2.00.